The van der Waals surface area contributed by atoms with E-state index in [-0.39, 0.29) is 11.2 Å². The molecular weight excluding hydrogens is 150 g/mol. The van der Waals surface area contributed by atoms with Gasteiger partial charge in [-0.2, -0.15) is 0 Å². The van der Waals surface area contributed by atoms with Crippen LogP contribution >= 0.6 is 0 Å². The highest BCUT2D eigenvalue weighted by atomic mass is 16.1. The molecular formula is C10H19NO. The molecule has 0 aromatic carbocycles. The van der Waals surface area contributed by atoms with Crippen molar-refractivity contribution in [2.75, 3.05) is 14.1 Å². The summed E-state index contributed by atoms with van der Waals surface area (Å²) in [5.74, 6) is 0.175. The Hall–Kier alpha value is -0.790. The molecule has 0 heterocycles. The summed E-state index contributed by atoms with van der Waals surface area (Å²) in [4.78, 5) is 13.4. The molecule has 0 N–H and O–H groups in total. The van der Waals surface area contributed by atoms with Crippen LogP contribution in [-0.4, -0.2) is 24.8 Å². The van der Waals surface area contributed by atoms with E-state index in [4.69, 9.17) is 0 Å². The molecule has 2 heteroatoms. The summed E-state index contributed by atoms with van der Waals surface area (Å²) in [5, 5.41) is 0. The van der Waals surface area contributed by atoms with Crippen molar-refractivity contribution in [3.8, 4) is 0 Å². The number of allylic oxidation sites excluding steroid dienone is 2. The summed E-state index contributed by atoms with van der Waals surface area (Å²) in [6.07, 6.45) is 1.69. The lowest BCUT2D eigenvalue weighted by Gasteiger charge is -2.17. The SMILES string of the molecule is CC(=CC(=O)C(C)(C)C)N(C)C. The average molecular weight is 169 g/mol. The normalized spacial score (nSPS) is 13.0. The van der Waals surface area contributed by atoms with E-state index in [9.17, 15) is 4.79 Å². The highest BCUT2D eigenvalue weighted by Crippen LogP contribution is 2.16. The van der Waals surface area contributed by atoms with E-state index in [1.54, 1.807) is 6.08 Å². The van der Waals surface area contributed by atoms with E-state index in [1.807, 2.05) is 46.7 Å². The van der Waals surface area contributed by atoms with Gasteiger partial charge in [-0.1, -0.05) is 20.8 Å². The first kappa shape index (κ1) is 11.2. The van der Waals surface area contributed by atoms with Crippen LogP contribution in [0.2, 0.25) is 0 Å². The minimum Gasteiger partial charge on any atom is -0.381 e. The number of hydrogen-bond acceptors (Lipinski definition) is 2. The van der Waals surface area contributed by atoms with Crippen molar-refractivity contribution in [3.63, 3.8) is 0 Å². The van der Waals surface area contributed by atoms with Gasteiger partial charge in [-0.05, 0) is 6.92 Å². The summed E-state index contributed by atoms with van der Waals surface area (Å²) < 4.78 is 0. The van der Waals surface area contributed by atoms with Crippen molar-refractivity contribution in [2.45, 2.75) is 27.7 Å². The molecule has 0 aromatic heterocycles. The van der Waals surface area contributed by atoms with Crippen molar-refractivity contribution in [1.29, 1.82) is 0 Å². The highest BCUT2D eigenvalue weighted by Gasteiger charge is 2.18. The summed E-state index contributed by atoms with van der Waals surface area (Å²) in [7, 11) is 3.86. The van der Waals surface area contributed by atoms with Crippen molar-refractivity contribution in [1.82, 2.24) is 4.90 Å². The molecule has 0 atom stereocenters. The Morgan fingerprint density at radius 1 is 1.25 bits per heavy atom. The molecule has 0 rings (SSSR count). The van der Waals surface area contributed by atoms with E-state index in [0.29, 0.717) is 0 Å². The quantitative estimate of drug-likeness (QED) is 0.590. The molecule has 0 aliphatic heterocycles. The predicted octanol–water partition coefficient (Wildman–Crippen LogP) is 2.07. The first-order valence-electron chi connectivity index (χ1n) is 4.15. The van der Waals surface area contributed by atoms with Crippen LogP contribution < -0.4 is 0 Å². The fourth-order valence-corrected chi connectivity index (χ4v) is 0.535. The number of hydrogen-bond donors (Lipinski definition) is 0. The molecule has 12 heavy (non-hydrogen) atoms. The third-order valence-corrected chi connectivity index (χ3v) is 1.78. The molecule has 0 aliphatic carbocycles. The van der Waals surface area contributed by atoms with Crippen molar-refractivity contribution < 1.29 is 4.79 Å². The predicted molar refractivity (Wildman–Crippen MR) is 51.9 cm³/mol. The lowest BCUT2D eigenvalue weighted by molar-refractivity contribution is -0.121. The molecule has 0 radical (unpaired) electrons. The molecule has 0 amide bonds. The van der Waals surface area contributed by atoms with Gasteiger partial charge in [-0.25, -0.2) is 0 Å². The molecule has 70 valence electrons. The molecule has 0 unspecified atom stereocenters. The van der Waals surface area contributed by atoms with Crippen molar-refractivity contribution >= 4 is 5.78 Å². The standard InChI is InChI=1S/C10H19NO/c1-8(11(5)6)7-9(12)10(2,3)4/h7H,1-6H3. The van der Waals surface area contributed by atoms with Gasteiger partial charge in [0.2, 0.25) is 0 Å². The maximum atomic E-state index is 11.5. The van der Waals surface area contributed by atoms with E-state index < -0.39 is 0 Å². The van der Waals surface area contributed by atoms with Crippen molar-refractivity contribution in [2.24, 2.45) is 5.41 Å². The lowest BCUT2D eigenvalue weighted by atomic mass is 9.90. The van der Waals surface area contributed by atoms with Crippen LogP contribution in [0.3, 0.4) is 0 Å². The summed E-state index contributed by atoms with van der Waals surface area (Å²) in [6, 6.07) is 0. The molecule has 0 fully saturated rings. The number of carbonyl (C=O) groups is 1. The Bertz CT molecular complexity index is 196. The number of rotatable bonds is 2. The minimum absolute atomic E-state index is 0.175. The Morgan fingerprint density at radius 3 is 1.92 bits per heavy atom. The number of nitrogens with zero attached hydrogens (tertiary/aromatic N) is 1. The second-order valence-corrected chi connectivity index (χ2v) is 4.29. The number of ketones is 1. The first-order chi connectivity index (χ1) is 5.25. The monoisotopic (exact) mass is 169 g/mol. The second-order valence-electron chi connectivity index (χ2n) is 4.29. The zero-order valence-corrected chi connectivity index (χ0v) is 8.93. The minimum atomic E-state index is -0.267. The van der Waals surface area contributed by atoms with Gasteiger partial charge in [-0.3, -0.25) is 4.79 Å². The molecule has 0 spiro atoms. The Balaban J connectivity index is 4.46. The van der Waals surface area contributed by atoms with Crippen LogP contribution in [-0.2, 0) is 4.79 Å². The Morgan fingerprint density at radius 2 is 1.67 bits per heavy atom. The van der Waals surface area contributed by atoms with Crippen LogP contribution in [0, 0.1) is 5.41 Å². The van der Waals surface area contributed by atoms with E-state index in [1.165, 1.54) is 0 Å². The largest absolute Gasteiger partial charge is 0.381 e. The third-order valence-electron chi connectivity index (χ3n) is 1.78. The molecule has 2 nitrogen and oxygen atoms in total. The summed E-state index contributed by atoms with van der Waals surface area (Å²) in [6.45, 7) is 7.71. The Kier molecular flexibility index (Phi) is 3.50. The average Bonchev–Trinajstić information content (AvgIpc) is 1.85. The summed E-state index contributed by atoms with van der Waals surface area (Å²) in [5.41, 5.74) is 0.729. The zero-order valence-electron chi connectivity index (χ0n) is 8.93. The van der Waals surface area contributed by atoms with Gasteiger partial charge in [0.05, 0.1) is 0 Å². The third kappa shape index (κ3) is 3.56. The number of carbonyl (C=O) groups excluding carboxylic acids is 1. The maximum absolute atomic E-state index is 11.5. The van der Waals surface area contributed by atoms with Crippen LogP contribution in [0.1, 0.15) is 27.7 Å². The molecule has 0 aliphatic rings. The van der Waals surface area contributed by atoms with Crippen LogP contribution in [0.15, 0.2) is 11.8 Å². The van der Waals surface area contributed by atoms with Gasteiger partial charge in [0, 0.05) is 31.3 Å². The van der Waals surface area contributed by atoms with E-state index in [0.717, 1.165) is 5.70 Å². The maximum Gasteiger partial charge on any atom is 0.162 e. The molecule has 0 bridgehead atoms. The van der Waals surface area contributed by atoms with Gasteiger partial charge < -0.3 is 4.90 Å². The Labute approximate surface area is 75.3 Å². The van der Waals surface area contributed by atoms with E-state index in [2.05, 4.69) is 0 Å². The molecule has 0 aromatic rings. The van der Waals surface area contributed by atoms with Crippen LogP contribution in [0.5, 0.6) is 0 Å². The van der Waals surface area contributed by atoms with Crippen molar-refractivity contribution in [3.05, 3.63) is 11.8 Å². The van der Waals surface area contributed by atoms with Gasteiger partial charge >= 0.3 is 0 Å². The van der Waals surface area contributed by atoms with Gasteiger partial charge in [0.15, 0.2) is 5.78 Å². The van der Waals surface area contributed by atoms with Gasteiger partial charge in [-0.15, -0.1) is 0 Å². The fourth-order valence-electron chi connectivity index (χ4n) is 0.535. The molecule has 0 saturated carbocycles. The van der Waals surface area contributed by atoms with Gasteiger partial charge in [0.25, 0.3) is 0 Å². The topological polar surface area (TPSA) is 20.3 Å². The van der Waals surface area contributed by atoms with Crippen LogP contribution in [0.4, 0.5) is 0 Å². The second kappa shape index (κ2) is 3.74. The van der Waals surface area contributed by atoms with Crippen LogP contribution in [0.25, 0.3) is 0 Å². The zero-order chi connectivity index (χ0) is 9.94. The smallest absolute Gasteiger partial charge is 0.162 e. The van der Waals surface area contributed by atoms with E-state index >= 15 is 0 Å². The molecule has 0 saturated heterocycles. The first-order valence-corrected chi connectivity index (χ1v) is 4.15. The summed E-state index contributed by atoms with van der Waals surface area (Å²) >= 11 is 0. The highest BCUT2D eigenvalue weighted by molar-refractivity contribution is 5.94. The fraction of sp³-hybridized carbons (Fsp3) is 0.700. The lowest BCUT2D eigenvalue weighted by Crippen LogP contribution is -2.20. The van der Waals surface area contributed by atoms with Gasteiger partial charge in [0.1, 0.15) is 0 Å².